The molecule has 0 spiro atoms. The first-order valence-corrected chi connectivity index (χ1v) is 5.91. The Labute approximate surface area is 63.0 Å². The van der Waals surface area contributed by atoms with E-state index in [1.807, 2.05) is 0 Å². The Morgan fingerprint density at radius 1 is 1.89 bits per heavy atom. The molecule has 0 aliphatic heterocycles. The van der Waals surface area contributed by atoms with Crippen molar-refractivity contribution in [1.29, 1.82) is 0 Å². The molecule has 9 heavy (non-hydrogen) atoms. The molecule has 0 aliphatic carbocycles. The van der Waals surface area contributed by atoms with Crippen LogP contribution in [0.3, 0.4) is 0 Å². The van der Waals surface area contributed by atoms with E-state index in [0.29, 0.717) is 0 Å². The minimum atomic E-state index is -3.34. The van der Waals surface area contributed by atoms with Gasteiger partial charge in [-0.15, -0.1) is 0 Å². The van der Waals surface area contributed by atoms with Gasteiger partial charge in [-0.05, 0) is 18.5 Å². The summed E-state index contributed by atoms with van der Waals surface area (Å²) in [4.78, 5) is 8.62. The van der Waals surface area contributed by atoms with E-state index in [1.165, 1.54) is 13.4 Å². The number of rotatable bonds is 2. The van der Waals surface area contributed by atoms with Gasteiger partial charge < -0.3 is 9.63 Å². The van der Waals surface area contributed by atoms with Crippen molar-refractivity contribution in [2.24, 2.45) is 0 Å². The predicted octanol–water partition coefficient (Wildman–Crippen LogP) is 1.47. The fraction of sp³-hybridized carbons (Fsp3) is 0.667. The lowest BCUT2D eigenvalue weighted by Crippen LogP contribution is -1.94. The van der Waals surface area contributed by atoms with E-state index >= 15 is 0 Å². The summed E-state index contributed by atoms with van der Waals surface area (Å²) < 4.78 is 15.2. The highest BCUT2D eigenvalue weighted by Crippen LogP contribution is 2.54. The van der Waals surface area contributed by atoms with Crippen molar-refractivity contribution in [1.82, 2.24) is 0 Å². The quantitative estimate of drug-likeness (QED) is 0.522. The van der Waals surface area contributed by atoms with Crippen molar-refractivity contribution in [3.05, 3.63) is 0 Å². The van der Waals surface area contributed by atoms with Gasteiger partial charge in [-0.3, -0.25) is 4.57 Å². The van der Waals surface area contributed by atoms with Gasteiger partial charge in [-0.1, -0.05) is 11.4 Å². The Kier molecular flexibility index (Phi) is 3.73. The lowest BCUT2D eigenvalue weighted by atomic mass is 11.5. The Hall–Kier alpha value is 0.430. The summed E-state index contributed by atoms with van der Waals surface area (Å²) in [7, 11) is 1.28. The summed E-state index contributed by atoms with van der Waals surface area (Å²) in [6.07, 6.45) is 1.51. The Morgan fingerprint density at radius 3 is 2.44 bits per heavy atom. The van der Waals surface area contributed by atoms with Crippen molar-refractivity contribution >= 4 is 35.0 Å². The zero-order valence-corrected chi connectivity index (χ0v) is 7.55. The average Bonchev–Trinajstić information content (AvgIpc) is 1.86. The number of methoxy groups -OCH3 is 1. The molecule has 0 aromatic rings. The maximum Gasteiger partial charge on any atom is 0.329 e. The smallest absolute Gasteiger partial charge is 0.329 e. The summed E-state index contributed by atoms with van der Waals surface area (Å²) >= 11 is 5.24. The number of hydrogen-bond acceptors (Lipinski definition) is 4. The van der Waals surface area contributed by atoms with Crippen molar-refractivity contribution in [2.75, 3.05) is 13.4 Å². The topological polar surface area (TPSA) is 46.5 Å². The second kappa shape index (κ2) is 3.56. The highest BCUT2D eigenvalue weighted by Gasteiger charge is 2.23. The van der Waals surface area contributed by atoms with E-state index in [4.69, 9.17) is 4.89 Å². The molecule has 1 unspecified atom stereocenters. The molecule has 0 bridgehead atoms. The lowest BCUT2D eigenvalue weighted by molar-refractivity contribution is 0.411. The van der Waals surface area contributed by atoms with Gasteiger partial charge >= 0.3 is 6.57 Å². The molecule has 0 rings (SSSR count). The fourth-order valence-corrected chi connectivity index (χ4v) is 1.91. The van der Waals surface area contributed by atoms with Crippen LogP contribution < -0.4 is 0 Å². The first-order valence-electron chi connectivity index (χ1n) is 2.01. The molecule has 54 valence electrons. The second-order valence-corrected chi connectivity index (χ2v) is 6.24. The molecule has 0 heterocycles. The number of ether oxygens (including phenoxy) is 1. The minimum Gasteiger partial charge on any atom is -0.482 e. The van der Waals surface area contributed by atoms with Crippen LogP contribution in [0.5, 0.6) is 0 Å². The Balaban J connectivity index is 4.16. The van der Waals surface area contributed by atoms with Crippen molar-refractivity contribution < 1.29 is 14.2 Å². The fourth-order valence-electron chi connectivity index (χ4n) is 0.190. The predicted molar refractivity (Wildman–Crippen MR) is 42.9 cm³/mol. The average molecular weight is 186 g/mol. The maximum atomic E-state index is 10.8. The van der Waals surface area contributed by atoms with Gasteiger partial charge in [-0.25, -0.2) is 0 Å². The molecule has 0 aliphatic rings. The van der Waals surface area contributed by atoms with E-state index in [-0.39, 0.29) is 4.79 Å². The molecular formula is C3H7O3PS2. The molecule has 1 atom stereocenters. The van der Waals surface area contributed by atoms with E-state index in [1.54, 1.807) is 0 Å². The molecule has 3 nitrogen and oxygen atoms in total. The molecule has 6 heteroatoms. The lowest BCUT2D eigenvalue weighted by Gasteiger charge is -2.06. The highest BCUT2D eigenvalue weighted by atomic mass is 32.7. The molecular weight excluding hydrogens is 179 g/mol. The summed E-state index contributed by atoms with van der Waals surface area (Å²) in [5.41, 5.74) is 0. The molecule has 0 amide bonds. The third kappa shape index (κ3) is 2.67. The molecule has 0 radical (unpaired) electrons. The number of hydrogen-bond donors (Lipinski definition) is 1. The second-order valence-electron chi connectivity index (χ2n) is 1.17. The van der Waals surface area contributed by atoms with Crippen LogP contribution in [0.15, 0.2) is 0 Å². The molecule has 1 N–H and O–H groups in total. The van der Waals surface area contributed by atoms with Crippen molar-refractivity contribution in [2.45, 2.75) is 0 Å². The third-order valence-corrected chi connectivity index (χ3v) is 5.03. The van der Waals surface area contributed by atoms with Crippen LogP contribution in [0, 0.1) is 0 Å². The van der Waals surface area contributed by atoms with Gasteiger partial charge in [0.2, 0.25) is 0 Å². The van der Waals surface area contributed by atoms with Crippen molar-refractivity contribution in [3.8, 4) is 0 Å². The van der Waals surface area contributed by atoms with Crippen LogP contribution in [0.1, 0.15) is 0 Å². The monoisotopic (exact) mass is 186 g/mol. The molecule has 0 aromatic heterocycles. The van der Waals surface area contributed by atoms with Crippen LogP contribution in [-0.4, -0.2) is 23.1 Å². The van der Waals surface area contributed by atoms with E-state index in [2.05, 4.69) is 17.0 Å². The van der Waals surface area contributed by atoms with Gasteiger partial charge in [0.25, 0.3) is 4.79 Å². The maximum absolute atomic E-state index is 10.8. The Morgan fingerprint density at radius 2 is 2.33 bits per heavy atom. The minimum absolute atomic E-state index is 0.227. The first kappa shape index (κ1) is 9.43. The molecule has 0 saturated carbocycles. The van der Waals surface area contributed by atoms with Crippen LogP contribution in [0.25, 0.3) is 0 Å². The first-order chi connectivity index (χ1) is 4.04. The standard InChI is InChI=1S/C3H7O3PS2/c1-6-3(8)7(4,5)9-2/h1-2H3,(H,4,5). The van der Waals surface area contributed by atoms with E-state index in [0.717, 1.165) is 11.4 Å². The largest absolute Gasteiger partial charge is 0.482 e. The normalized spacial score (nSPS) is 16.3. The zero-order valence-electron chi connectivity index (χ0n) is 5.03. The van der Waals surface area contributed by atoms with Gasteiger partial charge in [0.15, 0.2) is 0 Å². The summed E-state index contributed by atoms with van der Waals surface area (Å²) in [6, 6.07) is 0. The van der Waals surface area contributed by atoms with Crippen LogP contribution in [0.2, 0.25) is 0 Å². The summed E-state index contributed by atoms with van der Waals surface area (Å²) in [5.74, 6) is 0. The van der Waals surface area contributed by atoms with E-state index < -0.39 is 6.57 Å². The Bertz CT molecular complexity index is 157. The van der Waals surface area contributed by atoms with E-state index in [9.17, 15) is 4.57 Å². The molecule has 0 fully saturated rings. The van der Waals surface area contributed by atoms with Gasteiger partial charge in [0.05, 0.1) is 7.11 Å². The number of thiocarbonyl (C=S) groups is 1. The van der Waals surface area contributed by atoms with Gasteiger partial charge in [0, 0.05) is 0 Å². The van der Waals surface area contributed by atoms with Crippen LogP contribution >= 0.6 is 30.2 Å². The van der Waals surface area contributed by atoms with Crippen LogP contribution in [0.4, 0.5) is 0 Å². The van der Waals surface area contributed by atoms with Crippen molar-refractivity contribution in [3.63, 3.8) is 0 Å². The summed E-state index contributed by atoms with van der Waals surface area (Å²) in [5, 5.41) is 0. The molecule has 0 saturated heterocycles. The van der Waals surface area contributed by atoms with Crippen LogP contribution in [-0.2, 0) is 9.30 Å². The van der Waals surface area contributed by atoms with Gasteiger partial charge in [0.1, 0.15) is 0 Å². The molecule has 0 aromatic carbocycles. The third-order valence-electron chi connectivity index (χ3n) is 0.653. The highest BCUT2D eigenvalue weighted by molar-refractivity contribution is 8.62. The summed E-state index contributed by atoms with van der Waals surface area (Å²) in [6.45, 7) is -3.34. The van der Waals surface area contributed by atoms with Gasteiger partial charge in [-0.2, -0.15) is 0 Å². The zero-order chi connectivity index (χ0) is 7.49. The SMILES string of the molecule is COC(=S)P(=O)(O)SC.